The minimum atomic E-state index is -0.502. The first-order chi connectivity index (χ1) is 27.5. The maximum absolute atomic E-state index is 6.46. The monoisotopic (exact) mass is 728 g/mol. The molecule has 0 atom stereocenters. The van der Waals surface area contributed by atoms with Gasteiger partial charge in [-0.05, 0) is 130 Å². The molecule has 0 unspecified atom stereocenters. The molecule has 0 amide bonds. The molecule has 0 aliphatic heterocycles. The van der Waals surface area contributed by atoms with Crippen LogP contribution < -0.4 is 18.9 Å². The fourth-order valence-electron chi connectivity index (χ4n) is 7.88. The summed E-state index contributed by atoms with van der Waals surface area (Å²) in [5, 5.41) is 0. The molecule has 0 spiro atoms. The summed E-state index contributed by atoms with van der Waals surface area (Å²) in [6, 6.07) is 64.7. The molecule has 8 aromatic rings. The Hall–Kier alpha value is -7.04. The van der Waals surface area contributed by atoms with Crippen LogP contribution in [0.1, 0.15) is 33.4 Å². The predicted octanol–water partition coefficient (Wildman–Crippen LogP) is 13.7. The Morgan fingerprint density at radius 2 is 0.786 bits per heavy atom. The third kappa shape index (κ3) is 6.35. The lowest BCUT2D eigenvalue weighted by Gasteiger charge is -2.34. The van der Waals surface area contributed by atoms with Gasteiger partial charge in [0.05, 0.1) is 12.5 Å². The molecule has 0 aromatic heterocycles. The summed E-state index contributed by atoms with van der Waals surface area (Å²) in [4.78, 5) is 0. The van der Waals surface area contributed by atoms with E-state index >= 15 is 0 Å². The van der Waals surface area contributed by atoms with Crippen LogP contribution in [0.4, 0.5) is 0 Å². The molecule has 0 bridgehead atoms. The van der Waals surface area contributed by atoms with Gasteiger partial charge >= 0.3 is 0 Å². The first-order valence-corrected chi connectivity index (χ1v) is 18.8. The van der Waals surface area contributed by atoms with E-state index in [9.17, 15) is 0 Å². The minimum absolute atomic E-state index is 0.502. The van der Waals surface area contributed by atoms with Crippen LogP contribution in [0.3, 0.4) is 0 Å². The van der Waals surface area contributed by atoms with Gasteiger partial charge in [-0.3, -0.25) is 0 Å². The van der Waals surface area contributed by atoms with Gasteiger partial charge in [-0.2, -0.15) is 0 Å². The number of fused-ring (bicyclic) bond motifs is 3. The molecular weight excluding hydrogens is 689 g/mol. The molecule has 9 rings (SSSR count). The Balaban J connectivity index is 0.944. The molecule has 1 aliphatic carbocycles. The van der Waals surface area contributed by atoms with E-state index in [-0.39, 0.29) is 0 Å². The zero-order chi connectivity index (χ0) is 38.1. The second-order valence-corrected chi connectivity index (χ2v) is 14.1. The van der Waals surface area contributed by atoms with Gasteiger partial charge in [-0.25, -0.2) is 0 Å². The number of benzene rings is 8. The minimum Gasteiger partial charge on any atom is -0.497 e. The highest BCUT2D eigenvalue weighted by Crippen LogP contribution is 2.56. The lowest BCUT2D eigenvalue weighted by molar-refractivity contribution is 0.414. The van der Waals surface area contributed by atoms with E-state index in [4.69, 9.17) is 18.9 Å². The van der Waals surface area contributed by atoms with Gasteiger partial charge in [0.15, 0.2) is 0 Å². The van der Waals surface area contributed by atoms with E-state index in [0.29, 0.717) is 5.75 Å². The van der Waals surface area contributed by atoms with E-state index in [1.54, 1.807) is 7.11 Å². The summed E-state index contributed by atoms with van der Waals surface area (Å²) in [6.07, 6.45) is 0. The van der Waals surface area contributed by atoms with E-state index < -0.39 is 5.41 Å². The average molecular weight is 729 g/mol. The summed E-state index contributed by atoms with van der Waals surface area (Å²) in [6.45, 7) is 4.09. The lowest BCUT2D eigenvalue weighted by atomic mass is 9.68. The maximum Gasteiger partial charge on any atom is 0.134 e. The second kappa shape index (κ2) is 14.7. The molecule has 0 fully saturated rings. The summed E-state index contributed by atoms with van der Waals surface area (Å²) < 4.78 is 24.5. The van der Waals surface area contributed by atoms with Gasteiger partial charge in [0.2, 0.25) is 0 Å². The maximum atomic E-state index is 6.46. The average Bonchev–Trinajstić information content (AvgIpc) is 3.55. The number of hydrogen-bond donors (Lipinski definition) is 0. The molecule has 272 valence electrons. The predicted molar refractivity (Wildman–Crippen MR) is 225 cm³/mol. The number of ether oxygens (including phenoxy) is 4. The van der Waals surface area contributed by atoms with E-state index in [1.165, 1.54) is 27.8 Å². The van der Waals surface area contributed by atoms with Crippen molar-refractivity contribution >= 4 is 0 Å². The van der Waals surface area contributed by atoms with Crippen LogP contribution in [0.2, 0.25) is 0 Å². The zero-order valence-corrected chi connectivity index (χ0v) is 31.5. The number of para-hydroxylation sites is 1. The van der Waals surface area contributed by atoms with Crippen molar-refractivity contribution in [3.8, 4) is 62.5 Å². The molecule has 0 heterocycles. The van der Waals surface area contributed by atoms with Crippen molar-refractivity contribution in [3.05, 3.63) is 221 Å². The van der Waals surface area contributed by atoms with Crippen LogP contribution in [0.15, 0.2) is 188 Å². The van der Waals surface area contributed by atoms with Crippen LogP contribution >= 0.6 is 0 Å². The zero-order valence-electron chi connectivity index (χ0n) is 31.5. The van der Waals surface area contributed by atoms with Gasteiger partial charge in [-0.15, -0.1) is 0 Å². The molecule has 8 aromatic carbocycles. The topological polar surface area (TPSA) is 36.9 Å². The van der Waals surface area contributed by atoms with Crippen molar-refractivity contribution in [2.24, 2.45) is 0 Å². The third-order valence-corrected chi connectivity index (χ3v) is 10.7. The number of rotatable bonds is 10. The van der Waals surface area contributed by atoms with E-state index in [0.717, 1.165) is 62.3 Å². The van der Waals surface area contributed by atoms with Crippen LogP contribution in [0.25, 0.3) is 22.3 Å². The second-order valence-electron chi connectivity index (χ2n) is 14.1. The Morgan fingerprint density at radius 3 is 1.34 bits per heavy atom. The molecular formula is C52H40O4. The van der Waals surface area contributed by atoms with Crippen molar-refractivity contribution in [2.75, 3.05) is 7.11 Å². The van der Waals surface area contributed by atoms with Gasteiger partial charge in [0.1, 0.15) is 40.2 Å². The standard InChI is InChI=1S/C52H40O4/c1-35-10-4-9-15-50(35)55-43-26-17-37(18-27-43)38-19-28-44(29-20-38)56-51-34-45(25-16-36(51)2)54-42-32-23-40(24-33-42)52(39-21-30-41(53-3)31-22-39)48-13-7-5-11-46(48)47-12-6-8-14-49(47)52/h4-34H,1-3H3. The summed E-state index contributed by atoms with van der Waals surface area (Å²) in [5.74, 6) is 5.43. The Bertz CT molecular complexity index is 2600. The molecule has 0 radical (unpaired) electrons. The van der Waals surface area contributed by atoms with Crippen molar-refractivity contribution in [2.45, 2.75) is 19.3 Å². The fraction of sp³-hybridized carbons (Fsp3) is 0.0769. The van der Waals surface area contributed by atoms with Gasteiger partial charge < -0.3 is 18.9 Å². The van der Waals surface area contributed by atoms with Crippen LogP contribution in [-0.4, -0.2) is 7.11 Å². The van der Waals surface area contributed by atoms with Gasteiger partial charge in [0.25, 0.3) is 0 Å². The SMILES string of the molecule is COc1ccc(C2(c3ccc(Oc4ccc(C)c(Oc5ccc(-c6ccc(Oc7ccccc7C)cc6)cc5)c4)cc3)c3ccccc3-c3ccccc32)cc1. The largest absolute Gasteiger partial charge is 0.497 e. The normalized spacial score (nSPS) is 12.3. The molecule has 0 saturated heterocycles. The molecule has 1 aliphatic rings. The first-order valence-electron chi connectivity index (χ1n) is 18.8. The van der Waals surface area contributed by atoms with Crippen molar-refractivity contribution < 1.29 is 18.9 Å². The lowest BCUT2D eigenvalue weighted by Crippen LogP contribution is -2.28. The van der Waals surface area contributed by atoms with Crippen molar-refractivity contribution in [1.29, 1.82) is 0 Å². The molecule has 56 heavy (non-hydrogen) atoms. The first kappa shape index (κ1) is 34.7. The molecule has 4 nitrogen and oxygen atoms in total. The van der Waals surface area contributed by atoms with Gasteiger partial charge in [-0.1, -0.05) is 121 Å². The summed E-state index contributed by atoms with van der Waals surface area (Å²) in [5.41, 5.74) is 11.2. The van der Waals surface area contributed by atoms with Crippen LogP contribution in [0.5, 0.6) is 40.2 Å². The third-order valence-electron chi connectivity index (χ3n) is 10.7. The summed E-state index contributed by atoms with van der Waals surface area (Å²) in [7, 11) is 1.70. The van der Waals surface area contributed by atoms with Crippen molar-refractivity contribution in [3.63, 3.8) is 0 Å². The van der Waals surface area contributed by atoms with Crippen LogP contribution in [0, 0.1) is 13.8 Å². The molecule has 4 heteroatoms. The highest BCUT2D eigenvalue weighted by atomic mass is 16.5. The highest BCUT2D eigenvalue weighted by molar-refractivity contribution is 5.86. The van der Waals surface area contributed by atoms with Gasteiger partial charge in [0, 0.05) is 6.07 Å². The smallest absolute Gasteiger partial charge is 0.134 e. The quantitative estimate of drug-likeness (QED) is 0.140. The summed E-state index contributed by atoms with van der Waals surface area (Å²) >= 11 is 0. The Labute approximate surface area is 328 Å². The number of hydrogen-bond acceptors (Lipinski definition) is 4. The number of aryl methyl sites for hydroxylation is 2. The van der Waals surface area contributed by atoms with E-state index in [2.05, 4.69) is 109 Å². The Kier molecular flexibility index (Phi) is 9.08. The molecule has 0 saturated carbocycles. The number of methoxy groups -OCH3 is 1. The van der Waals surface area contributed by atoms with Crippen molar-refractivity contribution in [1.82, 2.24) is 0 Å². The van der Waals surface area contributed by atoms with E-state index in [1.807, 2.05) is 92.7 Å². The fourth-order valence-corrected chi connectivity index (χ4v) is 7.88. The van der Waals surface area contributed by atoms with Crippen LogP contribution in [-0.2, 0) is 5.41 Å². The Morgan fingerprint density at radius 1 is 0.357 bits per heavy atom. The molecule has 0 N–H and O–H groups in total. The highest BCUT2D eigenvalue weighted by Gasteiger charge is 2.45.